The topological polar surface area (TPSA) is 39.7 Å². The molecule has 0 fully saturated rings. The van der Waals surface area contributed by atoms with Crippen molar-refractivity contribution in [2.75, 3.05) is 39.8 Å². The molecule has 0 atom stereocenters. The average molecular weight is 256 g/mol. The van der Waals surface area contributed by atoms with Gasteiger partial charge in [-0.15, -0.1) is 0 Å². The Labute approximate surface area is 113 Å². The van der Waals surface area contributed by atoms with Gasteiger partial charge in [-0.25, -0.2) is 0 Å². The van der Waals surface area contributed by atoms with Crippen LogP contribution in [0.1, 0.15) is 40.5 Å². The molecule has 0 aromatic rings. The van der Waals surface area contributed by atoms with Crippen LogP contribution in [0.25, 0.3) is 0 Å². The van der Waals surface area contributed by atoms with Gasteiger partial charge < -0.3 is 15.5 Å². The third kappa shape index (κ3) is 9.28. The molecule has 0 unspecified atom stereocenters. The van der Waals surface area contributed by atoms with E-state index in [9.17, 15) is 0 Å². The highest BCUT2D eigenvalue weighted by Gasteiger charge is 2.02. The van der Waals surface area contributed by atoms with Crippen LogP contribution in [0.5, 0.6) is 0 Å². The fourth-order valence-electron chi connectivity index (χ4n) is 1.78. The minimum Gasteiger partial charge on any atom is -0.356 e. The third-order valence-electron chi connectivity index (χ3n) is 2.95. The van der Waals surface area contributed by atoms with E-state index in [1.807, 2.05) is 7.05 Å². The van der Waals surface area contributed by atoms with Gasteiger partial charge in [-0.2, -0.15) is 0 Å². The standard InChI is InChI=1S/C14H32N4/c1-6-11-18(7-2)12-10-17-14(15-5)16-9-8-13(3)4/h13H,6-12H2,1-5H3,(H2,15,16,17). The molecule has 0 spiro atoms. The Morgan fingerprint density at radius 2 is 1.78 bits per heavy atom. The van der Waals surface area contributed by atoms with Gasteiger partial charge in [-0.1, -0.05) is 27.7 Å². The van der Waals surface area contributed by atoms with Gasteiger partial charge in [-0.3, -0.25) is 4.99 Å². The highest BCUT2D eigenvalue weighted by Crippen LogP contribution is 1.96. The normalized spacial score (nSPS) is 12.3. The first-order valence-electron chi connectivity index (χ1n) is 7.30. The van der Waals surface area contributed by atoms with E-state index in [-0.39, 0.29) is 0 Å². The van der Waals surface area contributed by atoms with Gasteiger partial charge in [0, 0.05) is 26.7 Å². The van der Waals surface area contributed by atoms with Gasteiger partial charge >= 0.3 is 0 Å². The lowest BCUT2D eigenvalue weighted by molar-refractivity contribution is 0.293. The number of aliphatic imine (C=N–C) groups is 1. The highest BCUT2D eigenvalue weighted by molar-refractivity contribution is 5.79. The van der Waals surface area contributed by atoms with Crippen molar-refractivity contribution in [3.63, 3.8) is 0 Å². The van der Waals surface area contributed by atoms with Gasteiger partial charge in [0.1, 0.15) is 0 Å². The second kappa shape index (κ2) is 11.3. The monoisotopic (exact) mass is 256 g/mol. The van der Waals surface area contributed by atoms with Crippen molar-refractivity contribution in [1.29, 1.82) is 0 Å². The summed E-state index contributed by atoms with van der Waals surface area (Å²) in [5.74, 6) is 1.65. The van der Waals surface area contributed by atoms with Crippen LogP contribution in [-0.2, 0) is 0 Å². The first kappa shape index (κ1) is 17.2. The van der Waals surface area contributed by atoms with Crippen LogP contribution in [0.2, 0.25) is 0 Å². The van der Waals surface area contributed by atoms with Gasteiger partial charge in [-0.05, 0) is 31.8 Å². The summed E-state index contributed by atoms with van der Waals surface area (Å²) in [4.78, 5) is 6.68. The fourth-order valence-corrected chi connectivity index (χ4v) is 1.78. The zero-order valence-corrected chi connectivity index (χ0v) is 12.9. The number of likely N-dealkylation sites (N-methyl/N-ethyl adjacent to an activating group) is 1. The van der Waals surface area contributed by atoms with E-state index in [4.69, 9.17) is 0 Å². The summed E-state index contributed by atoms with van der Waals surface area (Å²) in [7, 11) is 1.83. The molecule has 0 aliphatic rings. The predicted molar refractivity (Wildman–Crippen MR) is 81.2 cm³/mol. The molecule has 0 bridgehead atoms. The quantitative estimate of drug-likeness (QED) is 0.489. The van der Waals surface area contributed by atoms with E-state index in [1.54, 1.807) is 0 Å². The molecule has 108 valence electrons. The molecular weight excluding hydrogens is 224 g/mol. The Bertz CT molecular complexity index is 214. The predicted octanol–water partition coefficient (Wildman–Crippen LogP) is 1.93. The molecule has 0 aromatic heterocycles. The Morgan fingerprint density at radius 3 is 2.28 bits per heavy atom. The molecule has 0 aromatic carbocycles. The average Bonchev–Trinajstić information content (AvgIpc) is 2.35. The molecule has 0 heterocycles. The van der Waals surface area contributed by atoms with Crippen LogP contribution in [0.15, 0.2) is 4.99 Å². The first-order valence-corrected chi connectivity index (χ1v) is 7.30. The van der Waals surface area contributed by atoms with Crippen LogP contribution < -0.4 is 10.6 Å². The molecular formula is C14H32N4. The van der Waals surface area contributed by atoms with Crippen LogP contribution in [-0.4, -0.2) is 50.6 Å². The number of rotatable bonds is 9. The molecule has 4 heteroatoms. The number of nitrogens with one attached hydrogen (secondary N) is 2. The minimum absolute atomic E-state index is 0.732. The molecule has 0 amide bonds. The van der Waals surface area contributed by atoms with Crippen molar-refractivity contribution in [2.45, 2.75) is 40.5 Å². The summed E-state index contributed by atoms with van der Waals surface area (Å²) in [6.45, 7) is 14.2. The van der Waals surface area contributed by atoms with Gasteiger partial charge in [0.15, 0.2) is 5.96 Å². The number of nitrogens with zero attached hydrogens (tertiary/aromatic N) is 2. The number of guanidine groups is 1. The third-order valence-corrected chi connectivity index (χ3v) is 2.95. The maximum atomic E-state index is 4.23. The summed E-state index contributed by atoms with van der Waals surface area (Å²) in [6, 6.07) is 0. The Kier molecular flexibility index (Phi) is 10.8. The van der Waals surface area contributed by atoms with Crippen LogP contribution in [0.4, 0.5) is 0 Å². The van der Waals surface area contributed by atoms with Crippen LogP contribution in [0.3, 0.4) is 0 Å². The minimum atomic E-state index is 0.732. The fraction of sp³-hybridized carbons (Fsp3) is 0.929. The lowest BCUT2D eigenvalue weighted by Crippen LogP contribution is -2.42. The molecule has 0 rings (SSSR count). The van der Waals surface area contributed by atoms with Crippen molar-refractivity contribution < 1.29 is 0 Å². The number of hydrogen-bond donors (Lipinski definition) is 2. The molecule has 0 saturated carbocycles. The summed E-state index contributed by atoms with van der Waals surface area (Å²) >= 11 is 0. The first-order chi connectivity index (χ1) is 8.63. The van der Waals surface area contributed by atoms with E-state index in [0.717, 1.165) is 38.1 Å². The van der Waals surface area contributed by atoms with E-state index >= 15 is 0 Å². The van der Waals surface area contributed by atoms with Gasteiger partial charge in [0.25, 0.3) is 0 Å². The van der Waals surface area contributed by atoms with Crippen LogP contribution in [0, 0.1) is 5.92 Å². The summed E-state index contributed by atoms with van der Waals surface area (Å²) in [6.07, 6.45) is 2.40. The van der Waals surface area contributed by atoms with E-state index in [0.29, 0.717) is 0 Å². The Morgan fingerprint density at radius 1 is 1.11 bits per heavy atom. The zero-order valence-electron chi connectivity index (χ0n) is 12.9. The molecule has 0 aliphatic carbocycles. The Hall–Kier alpha value is -0.770. The molecule has 0 radical (unpaired) electrons. The van der Waals surface area contributed by atoms with Gasteiger partial charge in [0.05, 0.1) is 0 Å². The molecule has 0 saturated heterocycles. The summed E-state index contributed by atoms with van der Waals surface area (Å²) < 4.78 is 0. The second-order valence-corrected chi connectivity index (χ2v) is 5.04. The van der Waals surface area contributed by atoms with Crippen molar-refractivity contribution in [3.8, 4) is 0 Å². The SMILES string of the molecule is CCCN(CC)CCNC(=NC)NCCC(C)C. The van der Waals surface area contributed by atoms with E-state index < -0.39 is 0 Å². The lowest BCUT2D eigenvalue weighted by atomic mass is 10.1. The number of hydrogen-bond acceptors (Lipinski definition) is 2. The summed E-state index contributed by atoms with van der Waals surface area (Å²) in [5.41, 5.74) is 0. The maximum absolute atomic E-state index is 4.23. The van der Waals surface area contributed by atoms with Crippen molar-refractivity contribution >= 4 is 5.96 Å². The van der Waals surface area contributed by atoms with E-state index in [2.05, 4.69) is 48.2 Å². The molecule has 18 heavy (non-hydrogen) atoms. The molecule has 2 N–H and O–H groups in total. The summed E-state index contributed by atoms with van der Waals surface area (Å²) in [5, 5.41) is 6.71. The van der Waals surface area contributed by atoms with Crippen molar-refractivity contribution in [1.82, 2.24) is 15.5 Å². The van der Waals surface area contributed by atoms with E-state index in [1.165, 1.54) is 19.4 Å². The van der Waals surface area contributed by atoms with Crippen LogP contribution >= 0.6 is 0 Å². The lowest BCUT2D eigenvalue weighted by Gasteiger charge is -2.20. The van der Waals surface area contributed by atoms with Gasteiger partial charge in [0.2, 0.25) is 0 Å². The van der Waals surface area contributed by atoms with Crippen molar-refractivity contribution in [2.24, 2.45) is 10.9 Å². The van der Waals surface area contributed by atoms with Crippen molar-refractivity contribution in [3.05, 3.63) is 0 Å². The Balaban J connectivity index is 3.73. The highest BCUT2D eigenvalue weighted by atomic mass is 15.2. The smallest absolute Gasteiger partial charge is 0.191 e. The second-order valence-electron chi connectivity index (χ2n) is 5.04. The maximum Gasteiger partial charge on any atom is 0.191 e. The largest absolute Gasteiger partial charge is 0.356 e. The zero-order chi connectivity index (χ0) is 13.8. The molecule has 4 nitrogen and oxygen atoms in total. The molecule has 0 aliphatic heterocycles.